The Morgan fingerprint density at radius 2 is 1.95 bits per heavy atom. The number of piperidine rings is 1. The number of benzene rings is 1. The Morgan fingerprint density at radius 3 is 2.70 bits per heavy atom. The van der Waals surface area contributed by atoms with E-state index in [-0.39, 0.29) is 36.8 Å². The Hall–Kier alpha value is -2.75. The number of Topliss-reactive ketones (excluding diaryl/α,β-unsaturated/α-hetero) is 1. The van der Waals surface area contributed by atoms with Crippen LogP contribution in [0.1, 0.15) is 54.4 Å². The third-order valence-electron chi connectivity index (χ3n) is 9.28. The highest BCUT2D eigenvalue weighted by Gasteiger charge is 2.73. The first-order valence-corrected chi connectivity index (χ1v) is 14.0. The molecule has 2 aromatic rings. The molecule has 1 saturated heterocycles. The molecule has 0 amide bonds. The first-order valence-electron chi connectivity index (χ1n) is 13.1. The van der Waals surface area contributed by atoms with Crippen LogP contribution in [0.2, 0.25) is 0 Å². The van der Waals surface area contributed by atoms with E-state index >= 15 is 0 Å². The van der Waals surface area contributed by atoms with E-state index in [1.807, 2.05) is 6.07 Å². The van der Waals surface area contributed by atoms with Crippen molar-refractivity contribution in [2.24, 2.45) is 5.92 Å². The lowest BCUT2D eigenvalue weighted by molar-refractivity contribution is -0.188. The fourth-order valence-electron chi connectivity index (χ4n) is 7.47. The van der Waals surface area contributed by atoms with Crippen LogP contribution < -0.4 is 9.47 Å². The maximum Gasteiger partial charge on any atom is 0.315 e. The number of ether oxygens (including phenoxy) is 2. The van der Waals surface area contributed by atoms with Gasteiger partial charge in [0.25, 0.3) is 0 Å². The Balaban J connectivity index is 1.23. The van der Waals surface area contributed by atoms with E-state index < -0.39 is 29.1 Å². The number of esters is 1. The second-order valence-corrected chi connectivity index (χ2v) is 12.1. The summed E-state index contributed by atoms with van der Waals surface area (Å²) in [6.07, 6.45) is 3.52. The van der Waals surface area contributed by atoms with Crippen LogP contribution in [0.15, 0.2) is 22.9 Å². The Bertz CT molecular complexity index is 1330. The summed E-state index contributed by atoms with van der Waals surface area (Å²) in [5.74, 6) is -0.101. The molecule has 3 fully saturated rings. The topological polar surface area (TPSA) is 113 Å². The molecule has 2 N–H and O–H groups in total. The van der Waals surface area contributed by atoms with Crippen molar-refractivity contribution in [1.29, 1.82) is 0 Å². The lowest BCUT2D eigenvalue weighted by Crippen LogP contribution is -2.76. The average molecular weight is 524 g/mol. The molecule has 0 unspecified atom stereocenters. The quantitative estimate of drug-likeness (QED) is 0.421. The number of rotatable bonds is 7. The van der Waals surface area contributed by atoms with Crippen molar-refractivity contribution < 1.29 is 34.1 Å². The molecule has 0 radical (unpaired) electrons. The number of carboxylic acid groups (broad SMARTS) is 1. The number of hydrogen-bond acceptors (Lipinski definition) is 8. The highest BCUT2D eigenvalue weighted by atomic mass is 32.1. The van der Waals surface area contributed by atoms with Gasteiger partial charge in [0.1, 0.15) is 0 Å². The molecule has 8 nitrogen and oxygen atoms in total. The Morgan fingerprint density at radius 1 is 1.16 bits per heavy atom. The summed E-state index contributed by atoms with van der Waals surface area (Å²) >= 11 is 1.35. The predicted octanol–water partition coefficient (Wildman–Crippen LogP) is 2.66. The van der Waals surface area contributed by atoms with Gasteiger partial charge in [-0.2, -0.15) is 11.3 Å². The third kappa shape index (κ3) is 3.36. The molecule has 2 saturated carbocycles. The van der Waals surface area contributed by atoms with E-state index in [4.69, 9.17) is 14.6 Å². The number of carbonyl (C=O) groups excluding carboxylic acids is 2. The van der Waals surface area contributed by atoms with Crippen molar-refractivity contribution in [3.05, 3.63) is 45.1 Å². The minimum Gasteiger partial charge on any atom is -0.481 e. The van der Waals surface area contributed by atoms with Crippen molar-refractivity contribution in [3.8, 4) is 11.5 Å². The van der Waals surface area contributed by atoms with Crippen LogP contribution in [-0.2, 0) is 39.1 Å². The zero-order valence-corrected chi connectivity index (χ0v) is 21.2. The van der Waals surface area contributed by atoms with Crippen LogP contribution in [-0.4, -0.2) is 63.7 Å². The molecule has 3 heterocycles. The second-order valence-electron chi connectivity index (χ2n) is 11.3. The van der Waals surface area contributed by atoms with Crippen LogP contribution >= 0.6 is 11.3 Å². The van der Waals surface area contributed by atoms with Crippen molar-refractivity contribution in [3.63, 3.8) is 0 Å². The van der Waals surface area contributed by atoms with Crippen LogP contribution in [0.3, 0.4) is 0 Å². The summed E-state index contributed by atoms with van der Waals surface area (Å²) in [6, 6.07) is 3.64. The molecule has 4 atom stereocenters. The molecule has 2 aliphatic heterocycles. The van der Waals surface area contributed by atoms with Gasteiger partial charge in [-0.05, 0) is 78.1 Å². The van der Waals surface area contributed by atoms with E-state index in [1.165, 1.54) is 24.2 Å². The van der Waals surface area contributed by atoms with Gasteiger partial charge in [0.15, 0.2) is 23.4 Å². The molecule has 5 aliphatic rings. The van der Waals surface area contributed by atoms with E-state index in [1.54, 1.807) is 16.8 Å². The SMILES string of the molecule is O=C(O)Cc1cscc1CC(=O)Oc1ccc2c3c1O[C@H]1C(=O)CC[C@@]4(O)[C@@H](C2)N(CC2CC2)CC[C@]314. The maximum absolute atomic E-state index is 13.2. The number of likely N-dealkylation sites (tertiary alicyclic amines) is 1. The summed E-state index contributed by atoms with van der Waals surface area (Å²) in [4.78, 5) is 39.7. The smallest absolute Gasteiger partial charge is 0.315 e. The maximum atomic E-state index is 13.2. The monoisotopic (exact) mass is 523 g/mol. The first kappa shape index (κ1) is 23.4. The number of aliphatic hydroxyl groups is 1. The van der Waals surface area contributed by atoms with Gasteiger partial charge in [-0.15, -0.1) is 0 Å². The van der Waals surface area contributed by atoms with Crippen molar-refractivity contribution in [2.45, 2.75) is 74.5 Å². The summed E-state index contributed by atoms with van der Waals surface area (Å²) in [7, 11) is 0. The van der Waals surface area contributed by atoms with Gasteiger partial charge in [0, 0.05) is 24.6 Å². The zero-order chi connectivity index (χ0) is 25.5. The summed E-state index contributed by atoms with van der Waals surface area (Å²) in [6.45, 7) is 1.80. The van der Waals surface area contributed by atoms with Crippen LogP contribution in [0, 0.1) is 5.92 Å². The molecule has 7 rings (SSSR count). The second kappa shape index (κ2) is 8.12. The summed E-state index contributed by atoms with van der Waals surface area (Å²) in [5, 5.41) is 25.0. The molecule has 37 heavy (non-hydrogen) atoms. The van der Waals surface area contributed by atoms with Crippen LogP contribution in [0.5, 0.6) is 11.5 Å². The molecule has 1 aromatic heterocycles. The summed E-state index contributed by atoms with van der Waals surface area (Å²) in [5.41, 5.74) is 1.26. The van der Waals surface area contributed by atoms with Gasteiger partial charge in [-0.1, -0.05) is 6.07 Å². The molecule has 1 spiro atoms. The van der Waals surface area contributed by atoms with Gasteiger partial charge in [0.2, 0.25) is 0 Å². The number of ketones is 1. The minimum atomic E-state index is -1.07. The van der Waals surface area contributed by atoms with E-state index in [9.17, 15) is 19.5 Å². The first-order chi connectivity index (χ1) is 17.8. The van der Waals surface area contributed by atoms with Crippen molar-refractivity contribution in [2.75, 3.05) is 13.1 Å². The highest BCUT2D eigenvalue weighted by Crippen LogP contribution is 2.65. The molecule has 2 bridgehead atoms. The van der Waals surface area contributed by atoms with Gasteiger partial charge in [-0.3, -0.25) is 19.3 Å². The highest BCUT2D eigenvalue weighted by molar-refractivity contribution is 7.08. The number of carbonyl (C=O) groups is 3. The van der Waals surface area contributed by atoms with Gasteiger partial charge >= 0.3 is 11.9 Å². The van der Waals surface area contributed by atoms with E-state index in [0.29, 0.717) is 42.1 Å². The van der Waals surface area contributed by atoms with Crippen molar-refractivity contribution >= 4 is 29.1 Å². The third-order valence-corrected chi connectivity index (χ3v) is 10.1. The van der Waals surface area contributed by atoms with Crippen LogP contribution in [0.4, 0.5) is 0 Å². The van der Waals surface area contributed by atoms with Crippen LogP contribution in [0.25, 0.3) is 0 Å². The fourth-order valence-corrected chi connectivity index (χ4v) is 8.34. The molecular formula is C28H29NO7S. The van der Waals surface area contributed by atoms with E-state index in [0.717, 1.165) is 24.2 Å². The predicted molar refractivity (Wildman–Crippen MR) is 133 cm³/mol. The number of thiophene rings is 1. The normalized spacial score (nSPS) is 31.5. The lowest BCUT2D eigenvalue weighted by Gasteiger charge is -2.62. The van der Waals surface area contributed by atoms with E-state index in [2.05, 4.69) is 4.90 Å². The lowest BCUT2D eigenvalue weighted by atomic mass is 9.49. The molecular weight excluding hydrogens is 494 g/mol. The largest absolute Gasteiger partial charge is 0.481 e. The molecule has 9 heteroatoms. The number of hydrogen-bond donors (Lipinski definition) is 2. The number of carboxylic acids is 1. The van der Waals surface area contributed by atoms with Gasteiger partial charge in [0.05, 0.1) is 23.9 Å². The Kier molecular flexibility index (Phi) is 5.13. The number of aliphatic carboxylic acids is 1. The minimum absolute atomic E-state index is 0.00280. The molecule has 194 valence electrons. The van der Waals surface area contributed by atoms with Gasteiger partial charge in [-0.25, -0.2) is 0 Å². The summed E-state index contributed by atoms with van der Waals surface area (Å²) < 4.78 is 12.1. The average Bonchev–Trinajstić information content (AvgIpc) is 3.45. The molecule has 3 aliphatic carbocycles. The van der Waals surface area contributed by atoms with Crippen molar-refractivity contribution in [1.82, 2.24) is 4.90 Å². The Labute approximate surface area is 218 Å². The number of nitrogens with zero attached hydrogens (tertiary/aromatic N) is 1. The fraction of sp³-hybridized carbons (Fsp3) is 0.536. The molecule has 1 aromatic carbocycles. The zero-order valence-electron chi connectivity index (χ0n) is 20.4. The van der Waals surface area contributed by atoms with Gasteiger partial charge < -0.3 is 19.7 Å². The standard InChI is InChI=1S/C28H29NO7S/c30-19-5-6-28(34)21-9-16-3-4-20(35-23(33)11-18-14-37-13-17(18)10-22(31)32)25-24(16)27(28,26(19)36-25)7-8-29(21)12-15-1-2-15/h3-4,13-15,21,26,34H,1-2,5-12H2,(H,31,32)/t21-,26+,27+,28-/m1/s1.